The van der Waals surface area contributed by atoms with Crippen molar-refractivity contribution in [1.82, 2.24) is 9.55 Å². The maximum Gasteiger partial charge on any atom is 0.351 e. The van der Waals surface area contributed by atoms with Gasteiger partial charge in [0.05, 0.1) is 12.7 Å². The smallest absolute Gasteiger partial charge is 0.351 e. The molecular weight excluding hydrogens is 398 g/mol. The van der Waals surface area contributed by atoms with Crippen molar-refractivity contribution in [3.8, 4) is 0 Å². The average molecular weight is 440 g/mol. The Kier molecular flexibility index (Phi) is 13.8. The van der Waals surface area contributed by atoms with E-state index in [4.69, 9.17) is 19.9 Å². The quantitative estimate of drug-likeness (QED) is 0.386. The summed E-state index contributed by atoms with van der Waals surface area (Å²) in [4.78, 5) is 27.6. The summed E-state index contributed by atoms with van der Waals surface area (Å²) in [5.74, 6) is -0.0121. The van der Waals surface area contributed by atoms with Crippen LogP contribution in [0, 0.1) is 5.92 Å². The Labute approximate surface area is 186 Å². The maximum atomic E-state index is 12.1. The van der Waals surface area contributed by atoms with Crippen LogP contribution < -0.4 is 11.4 Å². The zero-order chi connectivity index (χ0) is 23.1. The number of nitrogens with two attached hydrogens (primary N) is 1. The van der Waals surface area contributed by atoms with Gasteiger partial charge in [0, 0.05) is 31.6 Å². The zero-order valence-corrected chi connectivity index (χ0v) is 19.7. The van der Waals surface area contributed by atoms with Crippen LogP contribution in [0.5, 0.6) is 0 Å². The van der Waals surface area contributed by atoms with Gasteiger partial charge in [0.15, 0.2) is 0 Å². The second-order valence-corrected chi connectivity index (χ2v) is 7.88. The third-order valence-electron chi connectivity index (χ3n) is 5.05. The number of hydrogen-bond donors (Lipinski definition) is 1. The highest BCUT2D eigenvalue weighted by atomic mass is 16.6. The van der Waals surface area contributed by atoms with Gasteiger partial charge in [0.1, 0.15) is 18.7 Å². The highest BCUT2D eigenvalue weighted by Crippen LogP contribution is 2.33. The lowest BCUT2D eigenvalue weighted by Gasteiger charge is -2.18. The van der Waals surface area contributed by atoms with E-state index in [1.165, 1.54) is 23.8 Å². The SMILES string of the molecule is CCCCC.CCCCC(=O)OCC1OC(n2ccc(N)nc2=O)CC1COCCC. The average Bonchev–Trinajstić information content (AvgIpc) is 3.14. The molecule has 0 aromatic carbocycles. The van der Waals surface area contributed by atoms with E-state index in [2.05, 4.69) is 18.8 Å². The Morgan fingerprint density at radius 1 is 1.16 bits per heavy atom. The summed E-state index contributed by atoms with van der Waals surface area (Å²) < 4.78 is 18.4. The summed E-state index contributed by atoms with van der Waals surface area (Å²) >= 11 is 0. The minimum Gasteiger partial charge on any atom is -0.463 e. The lowest BCUT2D eigenvalue weighted by molar-refractivity contribution is -0.149. The predicted octanol–water partition coefficient (Wildman–Crippen LogP) is 4.09. The Morgan fingerprint density at radius 2 is 1.87 bits per heavy atom. The van der Waals surface area contributed by atoms with E-state index in [1.54, 1.807) is 12.3 Å². The number of rotatable bonds is 12. The number of carbonyl (C=O) groups excluding carboxylic acids is 1. The number of aromatic nitrogens is 2. The normalized spacial score (nSPS) is 20.2. The van der Waals surface area contributed by atoms with Crippen molar-refractivity contribution in [2.45, 2.75) is 91.4 Å². The monoisotopic (exact) mass is 439 g/mol. The van der Waals surface area contributed by atoms with E-state index in [1.807, 2.05) is 13.8 Å². The molecule has 0 saturated carbocycles. The number of unbranched alkanes of at least 4 members (excludes halogenated alkanes) is 3. The lowest BCUT2D eigenvalue weighted by atomic mass is 10.0. The van der Waals surface area contributed by atoms with Crippen LogP contribution in [0.4, 0.5) is 5.82 Å². The van der Waals surface area contributed by atoms with Crippen LogP contribution in [0.15, 0.2) is 17.1 Å². The molecule has 0 amide bonds. The van der Waals surface area contributed by atoms with Gasteiger partial charge in [-0.3, -0.25) is 9.36 Å². The molecular formula is C23H41N3O5. The summed E-state index contributed by atoms with van der Waals surface area (Å²) in [5.41, 5.74) is 5.09. The van der Waals surface area contributed by atoms with Crippen molar-refractivity contribution in [3.63, 3.8) is 0 Å². The van der Waals surface area contributed by atoms with Gasteiger partial charge in [-0.15, -0.1) is 0 Å². The number of ether oxygens (including phenoxy) is 3. The van der Waals surface area contributed by atoms with Gasteiger partial charge < -0.3 is 19.9 Å². The van der Waals surface area contributed by atoms with Crippen molar-refractivity contribution in [2.24, 2.45) is 5.92 Å². The Balaban J connectivity index is 0.000000861. The van der Waals surface area contributed by atoms with Gasteiger partial charge in [0.25, 0.3) is 0 Å². The molecule has 178 valence electrons. The molecule has 2 rings (SSSR count). The third-order valence-corrected chi connectivity index (χ3v) is 5.05. The molecule has 2 N–H and O–H groups in total. The second-order valence-electron chi connectivity index (χ2n) is 7.88. The highest BCUT2D eigenvalue weighted by molar-refractivity contribution is 5.69. The first-order valence-electron chi connectivity index (χ1n) is 11.7. The fraction of sp³-hybridized carbons (Fsp3) is 0.783. The molecule has 1 aromatic rings. The molecule has 3 atom stereocenters. The van der Waals surface area contributed by atoms with Crippen molar-refractivity contribution < 1.29 is 19.0 Å². The molecule has 2 heterocycles. The third kappa shape index (κ3) is 10.3. The van der Waals surface area contributed by atoms with E-state index in [0.717, 1.165) is 19.3 Å². The molecule has 3 unspecified atom stereocenters. The molecule has 0 aliphatic carbocycles. The van der Waals surface area contributed by atoms with E-state index in [9.17, 15) is 9.59 Å². The minimum atomic E-state index is -0.467. The molecule has 1 aliphatic rings. The molecule has 31 heavy (non-hydrogen) atoms. The fourth-order valence-corrected chi connectivity index (χ4v) is 3.26. The van der Waals surface area contributed by atoms with Crippen molar-refractivity contribution >= 4 is 11.8 Å². The summed E-state index contributed by atoms with van der Waals surface area (Å²) in [7, 11) is 0. The van der Waals surface area contributed by atoms with E-state index >= 15 is 0 Å². The highest BCUT2D eigenvalue weighted by Gasteiger charge is 2.37. The van der Waals surface area contributed by atoms with Crippen molar-refractivity contribution in [3.05, 3.63) is 22.7 Å². The number of carbonyl (C=O) groups is 1. The first kappa shape index (κ1) is 27.1. The molecule has 0 bridgehead atoms. The first-order valence-corrected chi connectivity index (χ1v) is 11.7. The minimum absolute atomic E-state index is 0.0370. The molecule has 1 fully saturated rings. The number of anilines is 1. The molecule has 0 radical (unpaired) electrons. The fourth-order valence-electron chi connectivity index (χ4n) is 3.26. The van der Waals surface area contributed by atoms with Crippen molar-refractivity contribution in [1.29, 1.82) is 0 Å². The van der Waals surface area contributed by atoms with Crippen LogP contribution >= 0.6 is 0 Å². The van der Waals surface area contributed by atoms with Gasteiger partial charge >= 0.3 is 11.7 Å². The van der Waals surface area contributed by atoms with Crippen LogP contribution in [0.3, 0.4) is 0 Å². The van der Waals surface area contributed by atoms with E-state index in [-0.39, 0.29) is 30.4 Å². The van der Waals surface area contributed by atoms with Crippen LogP contribution in [-0.4, -0.2) is 41.4 Å². The van der Waals surface area contributed by atoms with Crippen LogP contribution in [-0.2, 0) is 19.0 Å². The maximum absolute atomic E-state index is 12.1. The summed E-state index contributed by atoms with van der Waals surface area (Å²) in [6.07, 6.45) is 8.55. The summed E-state index contributed by atoms with van der Waals surface area (Å²) in [5, 5.41) is 0. The van der Waals surface area contributed by atoms with E-state index in [0.29, 0.717) is 26.1 Å². The van der Waals surface area contributed by atoms with Gasteiger partial charge in [-0.2, -0.15) is 4.98 Å². The molecule has 1 aromatic heterocycles. The largest absolute Gasteiger partial charge is 0.463 e. The van der Waals surface area contributed by atoms with Crippen molar-refractivity contribution in [2.75, 3.05) is 25.6 Å². The van der Waals surface area contributed by atoms with Crippen LogP contribution in [0.2, 0.25) is 0 Å². The number of nitrogens with zero attached hydrogens (tertiary/aromatic N) is 2. The van der Waals surface area contributed by atoms with Gasteiger partial charge in [-0.05, 0) is 18.9 Å². The topological polar surface area (TPSA) is 106 Å². The molecule has 0 spiro atoms. The molecule has 8 nitrogen and oxygen atoms in total. The summed E-state index contributed by atoms with van der Waals surface area (Å²) in [6.45, 7) is 9.81. The summed E-state index contributed by atoms with van der Waals surface area (Å²) in [6, 6.07) is 1.56. The Morgan fingerprint density at radius 3 is 2.45 bits per heavy atom. The van der Waals surface area contributed by atoms with Crippen LogP contribution in [0.1, 0.15) is 85.3 Å². The number of esters is 1. The Bertz CT molecular complexity index is 677. The molecule has 8 heteroatoms. The first-order chi connectivity index (χ1) is 15.0. The van der Waals surface area contributed by atoms with Crippen LogP contribution in [0.25, 0.3) is 0 Å². The van der Waals surface area contributed by atoms with E-state index < -0.39 is 11.9 Å². The standard InChI is InChI=1S/C18H29N3O5.C5H12/c1-3-5-6-17(22)25-12-14-13(11-24-9-4-2)10-16(26-14)21-8-7-15(19)20-18(21)23;1-3-5-4-2/h7-8,13-14,16H,3-6,9-12H2,1-2H3,(H2,19,20,23);3-5H2,1-2H3. The molecule has 1 aliphatic heterocycles. The zero-order valence-electron chi connectivity index (χ0n) is 19.7. The molecule has 1 saturated heterocycles. The Hall–Kier alpha value is -1.93. The van der Waals surface area contributed by atoms with Gasteiger partial charge in [-0.1, -0.05) is 53.4 Å². The lowest BCUT2D eigenvalue weighted by Crippen LogP contribution is -2.29. The second kappa shape index (κ2) is 15.8. The van der Waals surface area contributed by atoms with Gasteiger partial charge in [-0.25, -0.2) is 4.79 Å². The number of nitrogen functional groups attached to an aromatic ring is 1. The number of hydrogen-bond acceptors (Lipinski definition) is 7. The predicted molar refractivity (Wildman–Crippen MR) is 122 cm³/mol. The van der Waals surface area contributed by atoms with Gasteiger partial charge in [0.2, 0.25) is 0 Å².